The maximum atomic E-state index is 13.6. The van der Waals surface area contributed by atoms with Gasteiger partial charge in [-0.1, -0.05) is 69.3 Å². The fraction of sp³-hybridized carbons (Fsp3) is 0.357. The molecule has 3 aromatic rings. The number of thiophene rings is 1. The molecule has 0 spiro atoms. The molecular formula is C28H31NO3S2. The molecule has 4 nitrogen and oxygen atoms in total. The van der Waals surface area contributed by atoms with Gasteiger partial charge in [0, 0.05) is 9.77 Å². The molecule has 2 aromatic carbocycles. The van der Waals surface area contributed by atoms with Gasteiger partial charge in [-0.25, -0.2) is 4.79 Å². The second-order valence-corrected chi connectivity index (χ2v) is 12.0. The Kier molecular flexibility index (Phi) is 7.48. The predicted octanol–water partition coefficient (Wildman–Crippen LogP) is 7.16. The van der Waals surface area contributed by atoms with Crippen LogP contribution in [0.15, 0.2) is 65.6 Å². The number of amides is 1. The first-order valence-electron chi connectivity index (χ1n) is 11.6. The first-order chi connectivity index (χ1) is 16.3. The number of methoxy groups -OCH3 is 1. The van der Waals surface area contributed by atoms with Gasteiger partial charge < -0.3 is 10.1 Å². The zero-order valence-corrected chi connectivity index (χ0v) is 21.7. The van der Waals surface area contributed by atoms with Gasteiger partial charge in [-0.15, -0.1) is 23.1 Å². The second-order valence-electron chi connectivity index (χ2n) is 9.72. The predicted molar refractivity (Wildman–Crippen MR) is 141 cm³/mol. The molecule has 6 heteroatoms. The van der Waals surface area contributed by atoms with E-state index in [2.05, 4.69) is 26.1 Å². The van der Waals surface area contributed by atoms with Crippen LogP contribution in [-0.4, -0.2) is 19.0 Å². The van der Waals surface area contributed by atoms with Gasteiger partial charge in [0.05, 0.1) is 12.7 Å². The Labute approximate surface area is 210 Å². The number of fused-ring (bicyclic) bond motifs is 1. The summed E-state index contributed by atoms with van der Waals surface area (Å²) in [4.78, 5) is 28.6. The summed E-state index contributed by atoms with van der Waals surface area (Å²) in [6.45, 7) is 6.81. The maximum Gasteiger partial charge on any atom is 0.341 e. The fourth-order valence-corrected chi connectivity index (χ4v) is 6.81. The average Bonchev–Trinajstić information content (AvgIpc) is 3.19. The van der Waals surface area contributed by atoms with E-state index < -0.39 is 5.25 Å². The molecule has 34 heavy (non-hydrogen) atoms. The minimum Gasteiger partial charge on any atom is -0.465 e. The molecule has 1 amide bonds. The first-order valence-corrected chi connectivity index (χ1v) is 13.3. The van der Waals surface area contributed by atoms with Crippen molar-refractivity contribution in [2.45, 2.75) is 50.2 Å². The molecule has 4 rings (SSSR count). The van der Waals surface area contributed by atoms with Gasteiger partial charge >= 0.3 is 5.97 Å². The Bertz CT molecular complexity index is 1150. The van der Waals surface area contributed by atoms with Crippen molar-refractivity contribution < 1.29 is 14.3 Å². The van der Waals surface area contributed by atoms with Crippen molar-refractivity contribution in [1.82, 2.24) is 0 Å². The monoisotopic (exact) mass is 493 g/mol. The highest BCUT2D eigenvalue weighted by atomic mass is 32.2. The average molecular weight is 494 g/mol. The summed E-state index contributed by atoms with van der Waals surface area (Å²) in [5.41, 5.74) is 2.68. The van der Waals surface area contributed by atoms with Crippen molar-refractivity contribution in [2.24, 2.45) is 11.3 Å². The Hall–Kier alpha value is -2.57. The third-order valence-electron chi connectivity index (χ3n) is 6.45. The molecule has 2 unspecified atom stereocenters. The standard InChI is InChI=1S/C28H31NO3S2/c1-28(2,3)19-15-16-21-22(17-19)34-26(23(21)27(31)32-4)29-25(30)24(18-11-7-5-8-12-18)33-20-13-9-6-10-14-20/h5-14,19,24H,15-17H2,1-4H3,(H,29,30). The number of anilines is 1. The number of thioether (sulfide) groups is 1. The van der Waals surface area contributed by atoms with E-state index in [0.29, 0.717) is 16.5 Å². The van der Waals surface area contributed by atoms with Crippen molar-refractivity contribution in [1.29, 1.82) is 0 Å². The van der Waals surface area contributed by atoms with Gasteiger partial charge in [-0.05, 0) is 53.9 Å². The number of hydrogen-bond donors (Lipinski definition) is 1. The van der Waals surface area contributed by atoms with Crippen molar-refractivity contribution >= 4 is 40.0 Å². The summed E-state index contributed by atoms with van der Waals surface area (Å²) < 4.78 is 5.13. The summed E-state index contributed by atoms with van der Waals surface area (Å²) in [5.74, 6) is 0.0172. The smallest absolute Gasteiger partial charge is 0.341 e. The molecule has 0 radical (unpaired) electrons. The van der Waals surface area contributed by atoms with Gasteiger partial charge in [0.2, 0.25) is 5.91 Å². The normalized spacial score (nSPS) is 16.4. The van der Waals surface area contributed by atoms with Crippen LogP contribution in [0.1, 0.15) is 58.8 Å². The summed E-state index contributed by atoms with van der Waals surface area (Å²) in [6, 6.07) is 19.7. The highest BCUT2D eigenvalue weighted by Gasteiger charge is 2.35. The van der Waals surface area contributed by atoms with Crippen LogP contribution in [0.2, 0.25) is 0 Å². The molecule has 0 saturated carbocycles. The Morgan fingerprint density at radius 1 is 1.06 bits per heavy atom. The van der Waals surface area contributed by atoms with Gasteiger partial charge in [0.15, 0.2) is 0 Å². The van der Waals surface area contributed by atoms with Crippen LogP contribution in [0.5, 0.6) is 0 Å². The SMILES string of the molecule is COC(=O)c1c(NC(=O)C(Sc2ccccc2)c2ccccc2)sc2c1CCC(C(C)(C)C)C2. The number of ether oxygens (including phenoxy) is 1. The van der Waals surface area contributed by atoms with Gasteiger partial charge in [0.1, 0.15) is 10.3 Å². The Balaban J connectivity index is 1.66. The lowest BCUT2D eigenvalue weighted by molar-refractivity contribution is -0.115. The number of carbonyl (C=O) groups excluding carboxylic acids is 2. The highest BCUT2D eigenvalue weighted by molar-refractivity contribution is 8.00. The Morgan fingerprint density at radius 3 is 2.32 bits per heavy atom. The van der Waals surface area contributed by atoms with Crippen molar-refractivity contribution in [2.75, 3.05) is 12.4 Å². The van der Waals surface area contributed by atoms with Crippen LogP contribution >= 0.6 is 23.1 Å². The minimum absolute atomic E-state index is 0.142. The molecule has 0 saturated heterocycles. The van der Waals surface area contributed by atoms with Crippen molar-refractivity contribution in [3.63, 3.8) is 0 Å². The van der Waals surface area contributed by atoms with E-state index in [1.165, 1.54) is 35.1 Å². The molecule has 1 aromatic heterocycles. The van der Waals surface area contributed by atoms with Gasteiger partial charge in [0.25, 0.3) is 0 Å². The molecule has 0 bridgehead atoms. The second kappa shape index (κ2) is 10.4. The number of rotatable bonds is 6. The first kappa shape index (κ1) is 24.6. The van der Waals surface area contributed by atoms with Crippen molar-refractivity contribution in [3.8, 4) is 0 Å². The molecule has 0 aliphatic heterocycles. The molecular weight excluding hydrogens is 462 g/mol. The molecule has 1 N–H and O–H groups in total. The number of carbonyl (C=O) groups is 2. The summed E-state index contributed by atoms with van der Waals surface area (Å²) in [5, 5.41) is 3.27. The van der Waals surface area contributed by atoms with E-state index in [4.69, 9.17) is 4.74 Å². The minimum atomic E-state index is -0.449. The summed E-state index contributed by atoms with van der Waals surface area (Å²) in [7, 11) is 1.40. The van der Waals surface area contributed by atoms with Crippen LogP contribution in [0.25, 0.3) is 0 Å². The van der Waals surface area contributed by atoms with E-state index in [1.54, 1.807) is 0 Å². The summed E-state index contributed by atoms with van der Waals surface area (Å²) >= 11 is 3.03. The highest BCUT2D eigenvalue weighted by Crippen LogP contribution is 2.45. The van der Waals surface area contributed by atoms with E-state index in [9.17, 15) is 9.59 Å². The molecule has 1 heterocycles. The van der Waals surface area contributed by atoms with Crippen molar-refractivity contribution in [3.05, 3.63) is 82.2 Å². The van der Waals surface area contributed by atoms with Crippen LogP contribution in [0, 0.1) is 11.3 Å². The quantitative estimate of drug-likeness (QED) is 0.292. The van der Waals surface area contributed by atoms with E-state index in [0.717, 1.165) is 35.3 Å². The molecule has 1 aliphatic rings. The van der Waals surface area contributed by atoms with Crippen LogP contribution in [0.4, 0.5) is 5.00 Å². The largest absolute Gasteiger partial charge is 0.465 e. The van der Waals surface area contributed by atoms with Crippen LogP contribution in [-0.2, 0) is 22.4 Å². The zero-order valence-electron chi connectivity index (χ0n) is 20.1. The number of nitrogens with one attached hydrogen (secondary N) is 1. The van der Waals surface area contributed by atoms with E-state index in [-0.39, 0.29) is 17.3 Å². The topological polar surface area (TPSA) is 55.4 Å². The molecule has 0 fully saturated rings. The molecule has 178 valence electrons. The lowest BCUT2D eigenvalue weighted by atomic mass is 9.72. The molecule has 2 atom stereocenters. The third-order valence-corrected chi connectivity index (χ3v) is 8.89. The number of esters is 1. The number of hydrogen-bond acceptors (Lipinski definition) is 5. The fourth-order valence-electron chi connectivity index (χ4n) is 4.44. The Morgan fingerprint density at radius 2 is 1.71 bits per heavy atom. The third kappa shape index (κ3) is 5.39. The van der Waals surface area contributed by atoms with Crippen LogP contribution < -0.4 is 5.32 Å². The maximum absolute atomic E-state index is 13.6. The molecule has 1 aliphatic carbocycles. The van der Waals surface area contributed by atoms with Gasteiger partial charge in [-0.3, -0.25) is 4.79 Å². The zero-order chi connectivity index (χ0) is 24.3. The van der Waals surface area contributed by atoms with E-state index >= 15 is 0 Å². The van der Waals surface area contributed by atoms with Gasteiger partial charge in [-0.2, -0.15) is 0 Å². The lowest BCUT2D eigenvalue weighted by Gasteiger charge is -2.33. The van der Waals surface area contributed by atoms with E-state index in [1.807, 2.05) is 60.7 Å². The lowest BCUT2D eigenvalue weighted by Crippen LogP contribution is -2.26. The number of benzene rings is 2. The van der Waals surface area contributed by atoms with Crippen LogP contribution in [0.3, 0.4) is 0 Å². The summed E-state index contributed by atoms with van der Waals surface area (Å²) in [6.07, 6.45) is 2.78.